The Morgan fingerprint density at radius 1 is 1.22 bits per heavy atom. The van der Waals surface area contributed by atoms with Crippen molar-refractivity contribution in [3.8, 4) is 5.88 Å². The van der Waals surface area contributed by atoms with Crippen molar-refractivity contribution in [2.45, 2.75) is 44.7 Å². The van der Waals surface area contributed by atoms with Gasteiger partial charge in [0.1, 0.15) is 10.8 Å². The number of likely N-dealkylation sites (tertiary alicyclic amines) is 1. The summed E-state index contributed by atoms with van der Waals surface area (Å²) in [6.07, 6.45) is 7.39. The van der Waals surface area contributed by atoms with Gasteiger partial charge in [0.2, 0.25) is 5.88 Å². The first-order valence-electron chi connectivity index (χ1n) is 9.69. The Kier molecular flexibility index (Phi) is 5.69. The normalized spacial score (nSPS) is 19.0. The molecule has 2 aliphatic rings. The minimum atomic E-state index is -0.281. The molecular formula is C19H25ClN4O3. The molecule has 1 fully saturated rings. The summed E-state index contributed by atoms with van der Waals surface area (Å²) in [5.41, 5.74) is 0.225. The van der Waals surface area contributed by atoms with Gasteiger partial charge in [0.25, 0.3) is 5.91 Å². The third-order valence-corrected chi connectivity index (χ3v) is 5.57. The molecule has 4 heterocycles. The van der Waals surface area contributed by atoms with E-state index in [1.165, 1.54) is 25.7 Å². The Morgan fingerprint density at radius 3 is 2.74 bits per heavy atom. The molecule has 0 spiro atoms. The summed E-state index contributed by atoms with van der Waals surface area (Å²) >= 11 is 6.32. The van der Waals surface area contributed by atoms with Crippen LogP contribution in [-0.4, -0.2) is 46.8 Å². The molecule has 0 radical (unpaired) electrons. The fraction of sp³-hybridized carbons (Fsp3) is 0.579. The topological polar surface area (TPSA) is 72.5 Å². The van der Waals surface area contributed by atoms with Crippen molar-refractivity contribution in [2.24, 2.45) is 0 Å². The number of furan rings is 1. The minimum absolute atomic E-state index is 0.00863. The smallest absolute Gasteiger partial charge is 0.273 e. The predicted molar refractivity (Wildman–Crippen MR) is 101 cm³/mol. The summed E-state index contributed by atoms with van der Waals surface area (Å²) in [7, 11) is 0. The van der Waals surface area contributed by atoms with Gasteiger partial charge in [0, 0.05) is 19.5 Å². The molecule has 146 valence electrons. The molecule has 1 amide bonds. The number of carbonyl (C=O) groups is 1. The summed E-state index contributed by atoms with van der Waals surface area (Å²) in [6, 6.07) is 3.87. The van der Waals surface area contributed by atoms with Crippen LogP contribution in [0.3, 0.4) is 0 Å². The number of aryl methyl sites for hydroxylation is 1. The van der Waals surface area contributed by atoms with Gasteiger partial charge in [-0.25, -0.2) is 4.68 Å². The van der Waals surface area contributed by atoms with Gasteiger partial charge >= 0.3 is 0 Å². The molecule has 1 N–H and O–H groups in total. The molecule has 2 aromatic rings. The van der Waals surface area contributed by atoms with E-state index in [0.717, 1.165) is 25.3 Å². The first-order valence-corrected chi connectivity index (χ1v) is 10.1. The Bertz CT molecular complexity index is 766. The highest BCUT2D eigenvalue weighted by Crippen LogP contribution is 2.31. The predicted octanol–water partition coefficient (Wildman–Crippen LogP) is 3.26. The van der Waals surface area contributed by atoms with Gasteiger partial charge in [0.15, 0.2) is 5.69 Å². The molecule has 27 heavy (non-hydrogen) atoms. The Labute approximate surface area is 163 Å². The van der Waals surface area contributed by atoms with Crippen LogP contribution in [0.5, 0.6) is 5.88 Å². The van der Waals surface area contributed by atoms with Crippen LogP contribution in [0.1, 0.15) is 54.4 Å². The van der Waals surface area contributed by atoms with Crippen molar-refractivity contribution in [3.63, 3.8) is 0 Å². The molecule has 2 aliphatic heterocycles. The van der Waals surface area contributed by atoms with Crippen molar-refractivity contribution in [2.75, 3.05) is 26.2 Å². The number of nitrogens with one attached hydrogen (secondary N) is 1. The number of amides is 1. The molecule has 0 saturated carbocycles. The van der Waals surface area contributed by atoms with Crippen molar-refractivity contribution in [1.29, 1.82) is 0 Å². The lowest BCUT2D eigenvalue weighted by Gasteiger charge is -2.29. The van der Waals surface area contributed by atoms with Crippen LogP contribution < -0.4 is 10.1 Å². The maximum absolute atomic E-state index is 12.7. The van der Waals surface area contributed by atoms with Gasteiger partial charge in [-0.3, -0.25) is 9.69 Å². The first kappa shape index (κ1) is 18.4. The van der Waals surface area contributed by atoms with Crippen LogP contribution in [0, 0.1) is 0 Å². The number of hydrogen-bond acceptors (Lipinski definition) is 5. The molecule has 8 heteroatoms. The lowest BCUT2D eigenvalue weighted by atomic mass is 10.1. The molecule has 7 nitrogen and oxygen atoms in total. The van der Waals surface area contributed by atoms with Gasteiger partial charge in [-0.1, -0.05) is 24.4 Å². The highest BCUT2D eigenvalue weighted by atomic mass is 35.5. The van der Waals surface area contributed by atoms with Crippen LogP contribution in [-0.2, 0) is 6.54 Å². The second kappa shape index (κ2) is 8.35. The highest BCUT2D eigenvalue weighted by Gasteiger charge is 2.28. The molecule has 1 atom stereocenters. The second-order valence-electron chi connectivity index (χ2n) is 7.08. The molecule has 0 aromatic carbocycles. The SMILES string of the molecule is O=C(NCC(c1ccco1)N1CCCCCC1)c1nn2c(c1Cl)OCCC2. The summed E-state index contributed by atoms with van der Waals surface area (Å²) in [6.45, 7) is 3.78. The number of carbonyl (C=O) groups excluding carboxylic acids is 1. The maximum Gasteiger partial charge on any atom is 0.273 e. The number of rotatable bonds is 5. The largest absolute Gasteiger partial charge is 0.477 e. The van der Waals surface area contributed by atoms with E-state index >= 15 is 0 Å². The van der Waals surface area contributed by atoms with E-state index < -0.39 is 0 Å². The number of hydrogen-bond donors (Lipinski definition) is 1. The number of nitrogens with zero attached hydrogens (tertiary/aromatic N) is 3. The van der Waals surface area contributed by atoms with Crippen molar-refractivity contribution in [1.82, 2.24) is 20.0 Å². The van der Waals surface area contributed by atoms with E-state index in [1.807, 2.05) is 12.1 Å². The third kappa shape index (κ3) is 3.99. The zero-order chi connectivity index (χ0) is 18.6. The Hall–Kier alpha value is -1.99. The fourth-order valence-electron chi connectivity index (χ4n) is 3.81. The van der Waals surface area contributed by atoms with Gasteiger partial charge in [-0.05, 0) is 38.1 Å². The highest BCUT2D eigenvalue weighted by molar-refractivity contribution is 6.34. The fourth-order valence-corrected chi connectivity index (χ4v) is 4.09. The van der Waals surface area contributed by atoms with Gasteiger partial charge in [0.05, 0.1) is 18.9 Å². The summed E-state index contributed by atoms with van der Waals surface area (Å²) in [5.74, 6) is 1.08. The molecular weight excluding hydrogens is 368 g/mol. The Balaban J connectivity index is 1.47. The van der Waals surface area contributed by atoms with Crippen molar-refractivity contribution >= 4 is 17.5 Å². The summed E-state index contributed by atoms with van der Waals surface area (Å²) in [5, 5.41) is 7.62. The first-order chi connectivity index (χ1) is 13.2. The lowest BCUT2D eigenvalue weighted by molar-refractivity contribution is 0.0921. The molecule has 0 aliphatic carbocycles. The van der Waals surface area contributed by atoms with Gasteiger partial charge < -0.3 is 14.5 Å². The third-order valence-electron chi connectivity index (χ3n) is 5.23. The molecule has 2 aromatic heterocycles. The van der Waals surface area contributed by atoms with Crippen molar-refractivity contribution < 1.29 is 13.9 Å². The van der Waals surface area contributed by atoms with Crippen LogP contribution >= 0.6 is 11.6 Å². The van der Waals surface area contributed by atoms with E-state index in [-0.39, 0.29) is 22.7 Å². The number of halogens is 1. The Morgan fingerprint density at radius 2 is 2.04 bits per heavy atom. The molecule has 4 rings (SSSR count). The van der Waals surface area contributed by atoms with E-state index in [4.69, 9.17) is 20.8 Å². The quantitative estimate of drug-likeness (QED) is 0.845. The van der Waals surface area contributed by atoms with E-state index in [1.54, 1.807) is 10.9 Å². The minimum Gasteiger partial charge on any atom is -0.477 e. The number of fused-ring (bicyclic) bond motifs is 1. The average Bonchev–Trinajstić information content (AvgIpc) is 3.24. The average molecular weight is 393 g/mol. The molecule has 0 bridgehead atoms. The molecule has 1 unspecified atom stereocenters. The lowest BCUT2D eigenvalue weighted by Crippen LogP contribution is -2.38. The number of ether oxygens (including phenoxy) is 1. The van der Waals surface area contributed by atoms with E-state index in [0.29, 0.717) is 25.6 Å². The van der Waals surface area contributed by atoms with E-state index in [9.17, 15) is 4.79 Å². The van der Waals surface area contributed by atoms with Gasteiger partial charge in [-0.15, -0.1) is 0 Å². The van der Waals surface area contributed by atoms with Crippen molar-refractivity contribution in [3.05, 3.63) is 34.9 Å². The molecule has 1 saturated heterocycles. The summed E-state index contributed by atoms with van der Waals surface area (Å²) < 4.78 is 12.9. The number of aromatic nitrogens is 2. The summed E-state index contributed by atoms with van der Waals surface area (Å²) in [4.78, 5) is 15.1. The maximum atomic E-state index is 12.7. The van der Waals surface area contributed by atoms with Crippen LogP contribution in [0.4, 0.5) is 0 Å². The zero-order valence-electron chi connectivity index (χ0n) is 15.3. The van der Waals surface area contributed by atoms with Crippen LogP contribution in [0.15, 0.2) is 22.8 Å². The second-order valence-corrected chi connectivity index (χ2v) is 7.46. The van der Waals surface area contributed by atoms with E-state index in [2.05, 4.69) is 15.3 Å². The van der Waals surface area contributed by atoms with Crippen LogP contribution in [0.25, 0.3) is 0 Å². The standard InChI is InChI=1S/C19H25ClN4O3/c20-16-17(22-24-10-6-12-27-19(16)24)18(25)21-13-14(15-7-5-11-26-15)23-8-3-1-2-4-9-23/h5,7,11,14H,1-4,6,8-10,12-13H2,(H,21,25). The zero-order valence-corrected chi connectivity index (χ0v) is 16.1. The van der Waals surface area contributed by atoms with Gasteiger partial charge in [-0.2, -0.15) is 5.10 Å². The monoisotopic (exact) mass is 392 g/mol. The van der Waals surface area contributed by atoms with Crippen LogP contribution in [0.2, 0.25) is 5.02 Å².